The SMILES string of the molecule is COc1cccc(O)c1C1C2=CCC3C(=O)N(C(C)(C)C)C(=O)C3C2CC2(Cl)C(=O)N(c3c(F)c(F)c(F)c(F)c3F)C(=O)C12Cl. The van der Waals surface area contributed by atoms with E-state index in [9.17, 15) is 37.5 Å². The molecule has 2 heterocycles. The van der Waals surface area contributed by atoms with Gasteiger partial charge in [0.1, 0.15) is 17.2 Å². The van der Waals surface area contributed by atoms with Gasteiger partial charge in [-0.15, -0.1) is 23.2 Å². The first-order chi connectivity index (χ1) is 21.4. The van der Waals surface area contributed by atoms with Crippen LogP contribution in [-0.4, -0.2) is 56.0 Å². The molecule has 2 saturated heterocycles. The molecule has 3 fully saturated rings. The fourth-order valence-electron chi connectivity index (χ4n) is 7.55. The number of imide groups is 2. The molecule has 0 radical (unpaired) electrons. The third kappa shape index (κ3) is 3.84. The first-order valence-electron chi connectivity index (χ1n) is 14.1. The molecule has 46 heavy (non-hydrogen) atoms. The number of aromatic hydroxyl groups is 1. The Morgan fingerprint density at radius 2 is 1.48 bits per heavy atom. The Kier molecular flexibility index (Phi) is 7.11. The van der Waals surface area contributed by atoms with Crippen LogP contribution in [0.1, 0.15) is 45.1 Å². The largest absolute Gasteiger partial charge is 0.508 e. The fourth-order valence-corrected chi connectivity index (χ4v) is 8.46. The Hall–Kier alpha value is -3.71. The van der Waals surface area contributed by atoms with E-state index < -0.39 is 110 Å². The highest BCUT2D eigenvalue weighted by atomic mass is 35.5. The van der Waals surface area contributed by atoms with Crippen LogP contribution in [0.5, 0.6) is 11.5 Å². The number of anilines is 1. The summed E-state index contributed by atoms with van der Waals surface area (Å²) in [5.41, 5.74) is -2.82. The molecule has 1 N–H and O–H groups in total. The summed E-state index contributed by atoms with van der Waals surface area (Å²) in [6.07, 6.45) is 0.871. The number of carbonyl (C=O) groups excluding carboxylic acids is 4. The van der Waals surface area contributed by atoms with Crippen LogP contribution in [0.25, 0.3) is 0 Å². The number of amides is 4. The lowest BCUT2D eigenvalue weighted by Crippen LogP contribution is -2.60. The van der Waals surface area contributed by atoms with Crippen LogP contribution in [0, 0.1) is 46.8 Å². The topological polar surface area (TPSA) is 104 Å². The van der Waals surface area contributed by atoms with Crippen molar-refractivity contribution in [1.29, 1.82) is 0 Å². The number of nitrogens with zero attached hydrogens (tertiary/aromatic N) is 2. The van der Waals surface area contributed by atoms with Gasteiger partial charge < -0.3 is 9.84 Å². The first kappa shape index (κ1) is 32.2. The Balaban J connectivity index is 1.64. The molecule has 0 aromatic heterocycles. The molecule has 0 bridgehead atoms. The summed E-state index contributed by atoms with van der Waals surface area (Å²) in [5.74, 6) is -22.1. The summed E-state index contributed by atoms with van der Waals surface area (Å²) in [4.78, 5) is 51.3. The molecule has 6 unspecified atom stereocenters. The van der Waals surface area contributed by atoms with E-state index in [2.05, 4.69) is 0 Å². The van der Waals surface area contributed by atoms with Gasteiger partial charge in [-0.05, 0) is 51.7 Å². The van der Waals surface area contributed by atoms with Gasteiger partial charge in [0.15, 0.2) is 33.0 Å². The third-order valence-corrected chi connectivity index (χ3v) is 10.9. The van der Waals surface area contributed by atoms with E-state index in [1.807, 2.05) is 0 Å². The minimum atomic E-state index is -2.78. The minimum absolute atomic E-state index is 0.0220. The van der Waals surface area contributed by atoms with Crippen molar-refractivity contribution in [2.75, 3.05) is 12.0 Å². The number of benzene rings is 2. The van der Waals surface area contributed by atoms with Crippen molar-refractivity contribution < 1.29 is 51.0 Å². The molecule has 6 atom stereocenters. The van der Waals surface area contributed by atoms with Gasteiger partial charge in [0.2, 0.25) is 17.6 Å². The average Bonchev–Trinajstić information content (AvgIpc) is 3.34. The van der Waals surface area contributed by atoms with Crippen molar-refractivity contribution in [3.05, 3.63) is 64.5 Å². The molecule has 2 aliphatic carbocycles. The minimum Gasteiger partial charge on any atom is -0.508 e. The zero-order valence-electron chi connectivity index (χ0n) is 24.6. The molecule has 8 nitrogen and oxygen atoms in total. The fraction of sp³-hybridized carbons (Fsp3) is 0.419. The van der Waals surface area contributed by atoms with E-state index in [0.29, 0.717) is 0 Å². The number of carbonyl (C=O) groups is 4. The highest BCUT2D eigenvalue weighted by Crippen LogP contribution is 2.67. The van der Waals surface area contributed by atoms with Crippen LogP contribution in [-0.2, 0) is 19.2 Å². The molecular formula is C31H25Cl2F5N2O6. The van der Waals surface area contributed by atoms with Crippen molar-refractivity contribution in [2.24, 2.45) is 17.8 Å². The summed E-state index contributed by atoms with van der Waals surface area (Å²) in [7, 11) is 1.22. The summed E-state index contributed by atoms with van der Waals surface area (Å²) in [6, 6.07) is 3.98. The lowest BCUT2D eigenvalue weighted by Gasteiger charge is -2.51. The van der Waals surface area contributed by atoms with Crippen LogP contribution in [0.15, 0.2) is 29.8 Å². The predicted molar refractivity (Wildman–Crippen MR) is 153 cm³/mol. The number of fused-ring (bicyclic) bond motifs is 4. The van der Waals surface area contributed by atoms with Crippen molar-refractivity contribution >= 4 is 52.5 Å². The highest BCUT2D eigenvalue weighted by molar-refractivity contribution is 6.58. The number of halogens is 7. The number of alkyl halides is 2. The van der Waals surface area contributed by atoms with Crippen LogP contribution in [0.2, 0.25) is 0 Å². The molecule has 4 amide bonds. The summed E-state index contributed by atoms with van der Waals surface area (Å²) in [5, 5.41) is 11.1. The lowest BCUT2D eigenvalue weighted by molar-refractivity contribution is -0.145. The number of phenolic OH excluding ortho intramolecular Hbond substituents is 1. The zero-order chi connectivity index (χ0) is 34.0. The van der Waals surface area contributed by atoms with Gasteiger partial charge in [-0.2, -0.15) is 0 Å². The number of allylic oxidation sites excluding steroid dienone is 2. The molecule has 2 aliphatic heterocycles. The van der Waals surface area contributed by atoms with Gasteiger partial charge in [-0.3, -0.25) is 24.1 Å². The second-order valence-electron chi connectivity index (χ2n) is 12.8. The number of hydrogen-bond acceptors (Lipinski definition) is 6. The summed E-state index contributed by atoms with van der Waals surface area (Å²) < 4.78 is 78.4. The Morgan fingerprint density at radius 1 is 0.891 bits per heavy atom. The smallest absolute Gasteiger partial charge is 0.258 e. The van der Waals surface area contributed by atoms with E-state index in [1.54, 1.807) is 26.8 Å². The maximum Gasteiger partial charge on any atom is 0.258 e. The summed E-state index contributed by atoms with van der Waals surface area (Å²) in [6.45, 7) is 4.96. The first-order valence-corrected chi connectivity index (χ1v) is 14.8. The molecule has 4 aliphatic rings. The molecule has 1 saturated carbocycles. The Morgan fingerprint density at radius 3 is 2.04 bits per heavy atom. The lowest BCUT2D eigenvalue weighted by atomic mass is 9.56. The second-order valence-corrected chi connectivity index (χ2v) is 14.0. The number of ether oxygens (including phenoxy) is 1. The predicted octanol–water partition coefficient (Wildman–Crippen LogP) is 5.46. The standard InChI is InChI=1S/C31H25Cl2F5N2O6/c1-29(2,3)40-25(42)12-9-8-11-13(16(12)26(40)43)10-30(32)27(44)39(24-22(37)20(35)19(34)21(36)23(24)38)28(45)31(30,33)18(11)17-14(41)6-5-7-15(17)46-4/h5-8,12-13,16,18,41H,9-10H2,1-4H3. The van der Waals surface area contributed by atoms with Crippen molar-refractivity contribution in [2.45, 2.75) is 54.8 Å². The normalized spacial score (nSPS) is 30.8. The van der Waals surface area contributed by atoms with Crippen molar-refractivity contribution in [1.82, 2.24) is 4.90 Å². The number of hydrogen-bond donors (Lipinski definition) is 1. The summed E-state index contributed by atoms with van der Waals surface area (Å²) >= 11 is 14.2. The molecular weight excluding hydrogens is 662 g/mol. The van der Waals surface area contributed by atoms with Crippen molar-refractivity contribution in [3.63, 3.8) is 0 Å². The Labute approximate surface area is 268 Å². The van der Waals surface area contributed by atoms with Gasteiger partial charge in [0.05, 0.1) is 18.9 Å². The Bertz CT molecular complexity index is 1780. The van der Waals surface area contributed by atoms with E-state index in [4.69, 9.17) is 27.9 Å². The maximum atomic E-state index is 15.1. The average molecular weight is 687 g/mol. The maximum absolute atomic E-state index is 15.1. The van der Waals surface area contributed by atoms with Gasteiger partial charge in [-0.25, -0.2) is 26.9 Å². The van der Waals surface area contributed by atoms with E-state index in [-0.39, 0.29) is 28.2 Å². The quantitative estimate of drug-likeness (QED) is 0.115. The third-order valence-electron chi connectivity index (χ3n) is 9.44. The van der Waals surface area contributed by atoms with Gasteiger partial charge in [0, 0.05) is 17.0 Å². The van der Waals surface area contributed by atoms with Crippen LogP contribution < -0.4 is 9.64 Å². The van der Waals surface area contributed by atoms with Crippen LogP contribution >= 0.6 is 23.2 Å². The molecule has 6 rings (SSSR count). The molecule has 0 spiro atoms. The van der Waals surface area contributed by atoms with Crippen LogP contribution in [0.3, 0.4) is 0 Å². The van der Waals surface area contributed by atoms with Gasteiger partial charge in [0.25, 0.3) is 11.8 Å². The number of rotatable bonds is 3. The van der Waals surface area contributed by atoms with Crippen LogP contribution in [0.4, 0.5) is 27.6 Å². The highest BCUT2D eigenvalue weighted by Gasteiger charge is 2.77. The van der Waals surface area contributed by atoms with E-state index in [0.717, 1.165) is 4.90 Å². The number of methoxy groups -OCH3 is 1. The van der Waals surface area contributed by atoms with E-state index in [1.165, 1.54) is 25.3 Å². The van der Waals surface area contributed by atoms with Crippen molar-refractivity contribution in [3.8, 4) is 11.5 Å². The van der Waals surface area contributed by atoms with Gasteiger partial charge in [-0.1, -0.05) is 17.7 Å². The molecule has 2 aromatic rings. The molecule has 244 valence electrons. The molecule has 15 heteroatoms. The molecule has 2 aromatic carbocycles. The van der Waals surface area contributed by atoms with Gasteiger partial charge >= 0.3 is 0 Å². The number of phenols is 1. The number of likely N-dealkylation sites (tertiary alicyclic amines) is 1. The monoisotopic (exact) mass is 686 g/mol. The van der Waals surface area contributed by atoms with E-state index >= 15 is 8.78 Å². The zero-order valence-corrected chi connectivity index (χ0v) is 26.1. The second kappa shape index (κ2) is 10.1.